The number of para-hydroxylation sites is 1. The number of hydrogen-bond donors (Lipinski definition) is 3. The molecule has 1 aromatic carbocycles. The van der Waals surface area contributed by atoms with Crippen molar-refractivity contribution in [2.24, 2.45) is 5.41 Å². The van der Waals surface area contributed by atoms with Crippen LogP contribution in [-0.4, -0.2) is 22.6 Å². The molecule has 1 rings (SSSR count). The van der Waals surface area contributed by atoms with Crippen LogP contribution in [0.15, 0.2) is 30.3 Å². The first kappa shape index (κ1) is 24.9. The first-order chi connectivity index (χ1) is 10.0. The molecule has 0 aliphatic heterocycles. The molecule has 0 aliphatic rings. The minimum atomic E-state index is -0.251. The summed E-state index contributed by atoms with van der Waals surface area (Å²) in [6.45, 7) is 14.2. The first-order valence-corrected chi connectivity index (χ1v) is 7.78. The smallest absolute Gasteiger partial charge is 0.155 e. The van der Waals surface area contributed by atoms with Crippen LogP contribution < -0.4 is 10.8 Å². The predicted molar refractivity (Wildman–Crippen MR) is 93.3 cm³/mol. The largest absolute Gasteiger partial charge is 0.303 e. The van der Waals surface area contributed by atoms with Gasteiger partial charge in [-0.3, -0.25) is 15.5 Å². The second kappa shape index (κ2) is 11.3. The average molecular weight is 546 g/mol. The van der Waals surface area contributed by atoms with Gasteiger partial charge in [-0.25, -0.2) is 0 Å². The molecule has 0 radical (unpaired) electrons. The quantitative estimate of drug-likeness (QED) is 0.495. The van der Waals surface area contributed by atoms with Gasteiger partial charge < -0.3 is 5.32 Å². The normalized spacial score (nSPS) is 12.3. The standard InChI is InChI=1S/C12H25NO.C6H7NO.U/c1-8-9(13-12(5,6)7)10(14)11(2,3)4;8-7-6-4-2-1-3-5-6;/h9,13H,8H2,1-7H3;1-5,7-8H;. The van der Waals surface area contributed by atoms with Gasteiger partial charge in [0.15, 0.2) is 5.78 Å². The fourth-order valence-corrected chi connectivity index (χ4v) is 1.91. The molecule has 0 spiro atoms. The van der Waals surface area contributed by atoms with Gasteiger partial charge in [-0.1, -0.05) is 45.9 Å². The minimum absolute atomic E-state index is 0. The molecule has 130 valence electrons. The van der Waals surface area contributed by atoms with E-state index in [1.807, 2.05) is 51.4 Å². The maximum Gasteiger partial charge on any atom is 0.155 e. The van der Waals surface area contributed by atoms with Gasteiger partial charge in [0, 0.05) is 42.1 Å². The number of hydrogen-bond acceptors (Lipinski definition) is 4. The summed E-state index contributed by atoms with van der Waals surface area (Å²) in [5.41, 5.74) is 2.49. The summed E-state index contributed by atoms with van der Waals surface area (Å²) >= 11 is 0. The van der Waals surface area contributed by atoms with E-state index < -0.39 is 0 Å². The van der Waals surface area contributed by atoms with E-state index >= 15 is 0 Å². The molecule has 23 heavy (non-hydrogen) atoms. The van der Waals surface area contributed by atoms with Crippen molar-refractivity contribution < 1.29 is 41.1 Å². The number of ketones is 1. The fourth-order valence-electron chi connectivity index (χ4n) is 1.91. The minimum Gasteiger partial charge on any atom is -0.303 e. The summed E-state index contributed by atoms with van der Waals surface area (Å²) < 4.78 is 0. The van der Waals surface area contributed by atoms with Crippen LogP contribution in [0, 0.1) is 36.5 Å². The summed E-state index contributed by atoms with van der Waals surface area (Å²) in [7, 11) is 0. The third kappa shape index (κ3) is 11.8. The first-order valence-electron chi connectivity index (χ1n) is 7.78. The Balaban J connectivity index is 0. The SMILES string of the molecule is CCC(NC(C)(C)C)C(=O)C(C)(C)C.ONc1ccccc1.[U]. The molecule has 1 atom stereocenters. The Bertz CT molecular complexity index is 437. The zero-order chi connectivity index (χ0) is 17.4. The van der Waals surface area contributed by atoms with Crippen molar-refractivity contribution in [3.63, 3.8) is 0 Å². The second-order valence-corrected chi connectivity index (χ2v) is 7.45. The van der Waals surface area contributed by atoms with Crippen LogP contribution >= 0.6 is 0 Å². The number of carbonyl (C=O) groups is 1. The number of rotatable bonds is 4. The zero-order valence-electron chi connectivity index (χ0n) is 15.5. The van der Waals surface area contributed by atoms with Gasteiger partial charge in [-0.05, 0) is 39.3 Å². The molecule has 0 fully saturated rings. The van der Waals surface area contributed by atoms with E-state index in [4.69, 9.17) is 5.21 Å². The van der Waals surface area contributed by atoms with E-state index in [2.05, 4.69) is 26.1 Å². The molecule has 0 saturated heterocycles. The van der Waals surface area contributed by atoms with Gasteiger partial charge >= 0.3 is 0 Å². The van der Waals surface area contributed by atoms with Gasteiger partial charge in [0.2, 0.25) is 0 Å². The Labute approximate surface area is 165 Å². The Morgan fingerprint density at radius 2 is 1.57 bits per heavy atom. The van der Waals surface area contributed by atoms with Gasteiger partial charge in [-0.15, -0.1) is 0 Å². The Kier molecular flexibility index (Phi) is 12.2. The van der Waals surface area contributed by atoms with Crippen LogP contribution in [0.2, 0.25) is 0 Å². The number of benzene rings is 1. The molecular formula is C18H32N2O2U. The molecule has 1 unspecified atom stereocenters. The number of nitrogens with one attached hydrogen (secondary N) is 2. The molecule has 5 heteroatoms. The van der Waals surface area contributed by atoms with Crippen LogP contribution in [0.5, 0.6) is 0 Å². The molecule has 4 nitrogen and oxygen atoms in total. The molecule has 1 aromatic rings. The van der Waals surface area contributed by atoms with E-state index in [0.717, 1.165) is 6.42 Å². The number of anilines is 1. The van der Waals surface area contributed by atoms with Crippen LogP contribution in [0.1, 0.15) is 54.9 Å². The molecule has 3 N–H and O–H groups in total. The monoisotopic (exact) mass is 546 g/mol. The van der Waals surface area contributed by atoms with E-state index in [-0.39, 0.29) is 48.1 Å². The zero-order valence-corrected chi connectivity index (χ0v) is 19.7. The second-order valence-electron chi connectivity index (χ2n) is 7.45. The topological polar surface area (TPSA) is 61.4 Å². The molecule has 0 aromatic heterocycles. The van der Waals surface area contributed by atoms with Crippen molar-refractivity contribution in [1.29, 1.82) is 0 Å². The van der Waals surface area contributed by atoms with Crippen LogP contribution in [0.4, 0.5) is 5.69 Å². The van der Waals surface area contributed by atoms with Crippen molar-refractivity contribution in [2.75, 3.05) is 5.48 Å². The third-order valence-corrected chi connectivity index (χ3v) is 2.97. The predicted octanol–water partition coefficient (Wildman–Crippen LogP) is 4.26. The summed E-state index contributed by atoms with van der Waals surface area (Å²) in [5.74, 6) is 0.301. The molecule has 0 saturated carbocycles. The Morgan fingerprint density at radius 3 is 1.83 bits per heavy atom. The summed E-state index contributed by atoms with van der Waals surface area (Å²) in [6, 6.07) is 9.12. The maximum atomic E-state index is 12.0. The van der Waals surface area contributed by atoms with Crippen LogP contribution in [0.25, 0.3) is 0 Å². The Morgan fingerprint density at radius 1 is 1.09 bits per heavy atom. The van der Waals surface area contributed by atoms with Crippen LogP contribution in [0.3, 0.4) is 0 Å². The summed E-state index contributed by atoms with van der Waals surface area (Å²) in [4.78, 5) is 12.0. The molecule has 0 bridgehead atoms. The average Bonchev–Trinajstić information content (AvgIpc) is 2.43. The van der Waals surface area contributed by atoms with Crippen molar-refractivity contribution in [3.8, 4) is 0 Å². The van der Waals surface area contributed by atoms with E-state index in [9.17, 15) is 4.79 Å². The van der Waals surface area contributed by atoms with Crippen LogP contribution in [-0.2, 0) is 4.79 Å². The number of carbonyl (C=O) groups excluding carboxylic acids is 1. The molecule has 0 amide bonds. The summed E-state index contributed by atoms with van der Waals surface area (Å²) in [6.07, 6.45) is 0.855. The fraction of sp³-hybridized carbons (Fsp3) is 0.611. The van der Waals surface area contributed by atoms with Gasteiger partial charge in [0.25, 0.3) is 0 Å². The van der Waals surface area contributed by atoms with E-state index in [1.54, 1.807) is 12.1 Å². The maximum absolute atomic E-state index is 12.0. The van der Waals surface area contributed by atoms with Gasteiger partial charge in [0.05, 0.1) is 11.7 Å². The molecular weight excluding hydrogens is 514 g/mol. The summed E-state index contributed by atoms with van der Waals surface area (Å²) in [5, 5.41) is 11.7. The number of Topliss-reactive ketones (excluding diaryl/α,β-unsaturated/α-hetero) is 1. The third-order valence-electron chi connectivity index (χ3n) is 2.97. The van der Waals surface area contributed by atoms with Gasteiger partial charge in [-0.2, -0.15) is 0 Å². The van der Waals surface area contributed by atoms with Crippen molar-refractivity contribution in [3.05, 3.63) is 30.3 Å². The van der Waals surface area contributed by atoms with Gasteiger partial charge in [0.1, 0.15) is 0 Å². The molecule has 0 heterocycles. The van der Waals surface area contributed by atoms with Crippen molar-refractivity contribution in [2.45, 2.75) is 66.5 Å². The Hall–Kier alpha value is -0.338. The van der Waals surface area contributed by atoms with E-state index in [0.29, 0.717) is 11.5 Å². The molecule has 0 aliphatic carbocycles. The van der Waals surface area contributed by atoms with Crippen molar-refractivity contribution in [1.82, 2.24) is 5.32 Å². The van der Waals surface area contributed by atoms with Crippen molar-refractivity contribution >= 4 is 11.5 Å². The van der Waals surface area contributed by atoms with E-state index in [1.165, 1.54) is 0 Å².